The molecular formula is C25H23NO3. The maximum absolute atomic E-state index is 11.6. The van der Waals surface area contributed by atoms with Crippen LogP contribution in [0, 0.1) is 0 Å². The monoisotopic (exact) mass is 385 g/mol. The molecule has 0 spiro atoms. The Morgan fingerprint density at radius 2 is 1.69 bits per heavy atom. The number of carboxylic acids is 1. The van der Waals surface area contributed by atoms with Gasteiger partial charge in [-0.25, -0.2) is 0 Å². The number of ether oxygens (including phenoxy) is 1. The van der Waals surface area contributed by atoms with E-state index in [4.69, 9.17) is 4.74 Å². The van der Waals surface area contributed by atoms with Gasteiger partial charge in [0.1, 0.15) is 11.5 Å². The van der Waals surface area contributed by atoms with Crippen LogP contribution in [0.15, 0.2) is 72.8 Å². The maximum atomic E-state index is 11.6. The second-order valence-electron chi connectivity index (χ2n) is 7.42. The molecule has 0 unspecified atom stereocenters. The van der Waals surface area contributed by atoms with Gasteiger partial charge in [-0.2, -0.15) is 0 Å². The van der Waals surface area contributed by atoms with Gasteiger partial charge in [0, 0.05) is 16.5 Å². The number of aliphatic carboxylic acids is 1. The Kier molecular flexibility index (Phi) is 5.09. The molecule has 0 bridgehead atoms. The minimum absolute atomic E-state index is 0.0410. The van der Waals surface area contributed by atoms with Crippen LogP contribution in [0.1, 0.15) is 30.9 Å². The van der Waals surface area contributed by atoms with E-state index in [2.05, 4.69) is 24.9 Å². The Bertz CT molecular complexity index is 1160. The summed E-state index contributed by atoms with van der Waals surface area (Å²) >= 11 is 0. The number of carbonyl (C=O) groups is 1. The third-order valence-electron chi connectivity index (χ3n) is 5.03. The molecule has 4 rings (SSSR count). The molecule has 4 nitrogen and oxygen atoms in total. The van der Waals surface area contributed by atoms with Crippen molar-refractivity contribution in [1.82, 2.24) is 4.98 Å². The van der Waals surface area contributed by atoms with Crippen molar-refractivity contribution in [3.05, 3.63) is 83.9 Å². The van der Waals surface area contributed by atoms with Gasteiger partial charge in [0.05, 0.1) is 12.1 Å². The van der Waals surface area contributed by atoms with Crippen molar-refractivity contribution < 1.29 is 14.6 Å². The largest absolute Gasteiger partial charge is 0.481 e. The summed E-state index contributed by atoms with van der Waals surface area (Å²) in [4.78, 5) is 15.1. The summed E-state index contributed by atoms with van der Waals surface area (Å²) < 4.78 is 5.97. The number of nitrogens with one attached hydrogen (secondary N) is 1. The van der Waals surface area contributed by atoms with Crippen LogP contribution in [-0.4, -0.2) is 16.1 Å². The maximum Gasteiger partial charge on any atom is 0.307 e. The van der Waals surface area contributed by atoms with Crippen molar-refractivity contribution in [3.8, 4) is 22.8 Å². The van der Waals surface area contributed by atoms with E-state index in [-0.39, 0.29) is 6.42 Å². The fourth-order valence-electron chi connectivity index (χ4n) is 3.70. The van der Waals surface area contributed by atoms with Crippen molar-refractivity contribution in [1.29, 1.82) is 0 Å². The molecule has 1 aromatic heterocycles. The van der Waals surface area contributed by atoms with E-state index >= 15 is 0 Å². The molecular weight excluding hydrogens is 362 g/mol. The van der Waals surface area contributed by atoms with E-state index in [9.17, 15) is 9.90 Å². The molecule has 0 radical (unpaired) electrons. The number of H-pyrrole nitrogens is 1. The Balaban J connectivity index is 1.83. The molecule has 4 aromatic rings. The molecule has 29 heavy (non-hydrogen) atoms. The number of hydrogen-bond acceptors (Lipinski definition) is 2. The highest BCUT2D eigenvalue weighted by molar-refractivity contribution is 5.95. The highest BCUT2D eigenvalue weighted by Crippen LogP contribution is 2.36. The molecule has 0 aliphatic carbocycles. The van der Waals surface area contributed by atoms with Gasteiger partial charge < -0.3 is 14.8 Å². The molecule has 4 heteroatoms. The zero-order valence-electron chi connectivity index (χ0n) is 16.5. The molecule has 0 amide bonds. The number of benzene rings is 3. The third-order valence-corrected chi connectivity index (χ3v) is 5.03. The average Bonchev–Trinajstić information content (AvgIpc) is 3.07. The minimum Gasteiger partial charge on any atom is -0.481 e. The molecule has 146 valence electrons. The summed E-state index contributed by atoms with van der Waals surface area (Å²) in [5.74, 6) is 0.946. The topological polar surface area (TPSA) is 62.3 Å². The number of rotatable bonds is 6. The molecule has 0 aliphatic rings. The molecule has 0 fully saturated rings. The van der Waals surface area contributed by atoms with Crippen LogP contribution < -0.4 is 4.74 Å². The Hall–Kier alpha value is -3.53. The van der Waals surface area contributed by atoms with E-state index in [0.717, 1.165) is 33.5 Å². The SMILES string of the molecule is CC(C)c1cccc2c(CC(=O)O)c(-c3cccc(Oc4ccccc4)c3)[nH]c12. The molecule has 0 aliphatic heterocycles. The first kappa shape index (κ1) is 18.8. The van der Waals surface area contributed by atoms with E-state index in [1.165, 1.54) is 5.56 Å². The van der Waals surface area contributed by atoms with Gasteiger partial charge in [-0.3, -0.25) is 4.79 Å². The molecule has 0 saturated heterocycles. The van der Waals surface area contributed by atoms with Gasteiger partial charge in [-0.15, -0.1) is 0 Å². The van der Waals surface area contributed by atoms with Crippen LogP contribution in [0.4, 0.5) is 0 Å². The quantitative estimate of drug-likeness (QED) is 0.405. The van der Waals surface area contributed by atoms with E-state index in [1.54, 1.807) is 0 Å². The second kappa shape index (κ2) is 7.84. The minimum atomic E-state index is -0.848. The summed E-state index contributed by atoms with van der Waals surface area (Å²) in [6, 6.07) is 23.4. The Labute approximate surface area is 169 Å². The van der Waals surface area contributed by atoms with Gasteiger partial charge in [0.2, 0.25) is 0 Å². The lowest BCUT2D eigenvalue weighted by Crippen LogP contribution is -2.01. The van der Waals surface area contributed by atoms with Crippen LogP contribution in [0.5, 0.6) is 11.5 Å². The van der Waals surface area contributed by atoms with Crippen molar-refractivity contribution in [2.45, 2.75) is 26.2 Å². The van der Waals surface area contributed by atoms with Crippen molar-refractivity contribution >= 4 is 16.9 Å². The highest BCUT2D eigenvalue weighted by atomic mass is 16.5. The van der Waals surface area contributed by atoms with E-state index < -0.39 is 5.97 Å². The van der Waals surface area contributed by atoms with Crippen LogP contribution in [0.3, 0.4) is 0 Å². The van der Waals surface area contributed by atoms with Gasteiger partial charge >= 0.3 is 5.97 Å². The zero-order chi connectivity index (χ0) is 20.4. The number of carboxylic acid groups (broad SMARTS) is 1. The van der Waals surface area contributed by atoms with Crippen molar-refractivity contribution in [3.63, 3.8) is 0 Å². The second-order valence-corrected chi connectivity index (χ2v) is 7.42. The fourth-order valence-corrected chi connectivity index (χ4v) is 3.70. The molecule has 2 N–H and O–H groups in total. The summed E-state index contributed by atoms with van der Waals surface area (Å²) in [5.41, 5.74) is 4.71. The zero-order valence-corrected chi connectivity index (χ0v) is 16.5. The summed E-state index contributed by atoms with van der Waals surface area (Å²) in [6.45, 7) is 4.28. The first-order valence-corrected chi connectivity index (χ1v) is 9.71. The van der Waals surface area contributed by atoms with Crippen LogP contribution in [0.2, 0.25) is 0 Å². The number of para-hydroxylation sites is 2. The van der Waals surface area contributed by atoms with Crippen LogP contribution in [-0.2, 0) is 11.2 Å². The normalized spacial score (nSPS) is 11.1. The summed E-state index contributed by atoms with van der Waals surface area (Å²) in [7, 11) is 0. The van der Waals surface area contributed by atoms with Crippen LogP contribution >= 0.6 is 0 Å². The lowest BCUT2D eigenvalue weighted by Gasteiger charge is -2.08. The van der Waals surface area contributed by atoms with Gasteiger partial charge in [0.15, 0.2) is 0 Å². The Morgan fingerprint density at radius 3 is 2.41 bits per heavy atom. The standard InChI is InChI=1S/C25H23NO3/c1-16(2)20-12-7-13-21-22(15-23(27)28)24(26-25(20)21)17-8-6-11-19(14-17)29-18-9-4-3-5-10-18/h3-14,16,26H,15H2,1-2H3,(H,27,28). The van der Waals surface area contributed by atoms with Crippen molar-refractivity contribution in [2.24, 2.45) is 0 Å². The predicted octanol–water partition coefficient (Wildman–Crippen LogP) is 6.38. The van der Waals surface area contributed by atoms with Gasteiger partial charge in [-0.1, -0.05) is 62.4 Å². The molecule has 0 atom stereocenters. The smallest absolute Gasteiger partial charge is 0.307 e. The third kappa shape index (κ3) is 3.87. The number of fused-ring (bicyclic) bond motifs is 1. The summed E-state index contributed by atoms with van der Waals surface area (Å²) in [5, 5.41) is 10.5. The average molecular weight is 385 g/mol. The first-order chi connectivity index (χ1) is 14.0. The summed E-state index contributed by atoms with van der Waals surface area (Å²) in [6.07, 6.45) is -0.0410. The first-order valence-electron chi connectivity index (χ1n) is 9.71. The predicted molar refractivity (Wildman–Crippen MR) is 116 cm³/mol. The van der Waals surface area contributed by atoms with E-state index in [1.807, 2.05) is 66.7 Å². The Morgan fingerprint density at radius 1 is 0.966 bits per heavy atom. The molecule has 3 aromatic carbocycles. The lowest BCUT2D eigenvalue weighted by molar-refractivity contribution is -0.136. The number of hydrogen-bond donors (Lipinski definition) is 2. The van der Waals surface area contributed by atoms with Crippen molar-refractivity contribution in [2.75, 3.05) is 0 Å². The van der Waals surface area contributed by atoms with Gasteiger partial charge in [0.25, 0.3) is 0 Å². The van der Waals surface area contributed by atoms with E-state index in [0.29, 0.717) is 11.7 Å². The number of aromatic nitrogens is 1. The molecule has 1 heterocycles. The highest BCUT2D eigenvalue weighted by Gasteiger charge is 2.19. The lowest BCUT2D eigenvalue weighted by atomic mass is 9.98. The number of aromatic amines is 1. The van der Waals surface area contributed by atoms with Crippen LogP contribution in [0.25, 0.3) is 22.2 Å². The van der Waals surface area contributed by atoms with Gasteiger partial charge in [-0.05, 0) is 41.3 Å². The fraction of sp³-hybridized carbons (Fsp3) is 0.160. The molecule has 0 saturated carbocycles.